The van der Waals surface area contributed by atoms with Gasteiger partial charge in [0.05, 0.1) is 6.04 Å². The van der Waals surface area contributed by atoms with E-state index in [1.165, 1.54) is 17.0 Å². The number of halogens is 2. The van der Waals surface area contributed by atoms with Crippen LogP contribution in [0.4, 0.5) is 4.39 Å². The zero-order chi connectivity index (χ0) is 27.9. The maximum absolute atomic E-state index is 13.4. The second-order valence-corrected chi connectivity index (χ2v) is 11.5. The molecule has 3 amide bonds. The van der Waals surface area contributed by atoms with Crippen LogP contribution in [0.1, 0.15) is 37.3 Å². The molecule has 3 N–H and O–H groups in total. The van der Waals surface area contributed by atoms with E-state index in [1.807, 2.05) is 18.2 Å². The summed E-state index contributed by atoms with van der Waals surface area (Å²) < 4.78 is 20.6. The van der Waals surface area contributed by atoms with E-state index in [2.05, 4.69) is 38.5 Å². The number of hydrogen-bond acceptors (Lipinski definition) is 5. The summed E-state index contributed by atoms with van der Waals surface area (Å²) in [6.45, 7) is 2.98. The predicted octanol–water partition coefficient (Wildman–Crippen LogP) is 2.81. The Hall–Kier alpha value is -2.73. The molecule has 0 unspecified atom stereocenters. The Bertz CT molecular complexity index is 1170. The minimum atomic E-state index is -0.873. The quantitative estimate of drug-likeness (QED) is 0.444. The molecule has 1 saturated carbocycles. The summed E-state index contributed by atoms with van der Waals surface area (Å²) in [6.07, 6.45) is 3.51. The molecule has 1 fully saturated rings. The number of benzene rings is 2. The first kappa shape index (κ1) is 29.3. The van der Waals surface area contributed by atoms with Gasteiger partial charge in [-0.05, 0) is 96.5 Å². The first-order valence-electron chi connectivity index (χ1n) is 13.5. The molecule has 0 aromatic heterocycles. The summed E-state index contributed by atoms with van der Waals surface area (Å²) in [4.78, 5) is 41.3. The molecule has 4 rings (SSSR count). The Balaban J connectivity index is 1.55. The molecule has 0 spiro atoms. The van der Waals surface area contributed by atoms with Crippen LogP contribution in [0.3, 0.4) is 0 Å². The lowest BCUT2D eigenvalue weighted by Crippen LogP contribution is -2.56. The van der Waals surface area contributed by atoms with Crippen LogP contribution in [0.15, 0.2) is 42.5 Å². The highest BCUT2D eigenvalue weighted by Crippen LogP contribution is 2.33. The van der Waals surface area contributed by atoms with Crippen LogP contribution in [-0.2, 0) is 27.2 Å². The fourth-order valence-corrected chi connectivity index (χ4v) is 5.15. The highest BCUT2D eigenvalue weighted by molar-refractivity contribution is 14.1. The first-order valence-corrected chi connectivity index (χ1v) is 14.5. The third-order valence-electron chi connectivity index (χ3n) is 7.33. The molecule has 8 nitrogen and oxygen atoms in total. The van der Waals surface area contributed by atoms with Crippen LogP contribution in [0, 0.1) is 15.3 Å². The highest BCUT2D eigenvalue weighted by Gasteiger charge is 2.39. The van der Waals surface area contributed by atoms with Crippen molar-refractivity contribution in [2.45, 2.75) is 57.2 Å². The van der Waals surface area contributed by atoms with Gasteiger partial charge in [-0.2, -0.15) is 0 Å². The van der Waals surface area contributed by atoms with Crippen LogP contribution in [0.25, 0.3) is 0 Å². The zero-order valence-corrected chi connectivity index (χ0v) is 24.5. The molecule has 0 radical (unpaired) electrons. The number of nitrogens with one attached hydrogen (secondary N) is 3. The predicted molar refractivity (Wildman–Crippen MR) is 155 cm³/mol. The number of fused-ring (bicyclic) bond motifs is 1. The Morgan fingerprint density at radius 1 is 1.05 bits per heavy atom. The van der Waals surface area contributed by atoms with Crippen molar-refractivity contribution in [3.8, 4) is 5.75 Å². The number of carbonyl (C=O) groups excluding carboxylic acids is 3. The van der Waals surface area contributed by atoms with Crippen molar-refractivity contribution in [3.05, 3.63) is 63.0 Å². The van der Waals surface area contributed by atoms with E-state index < -0.39 is 24.0 Å². The number of likely N-dealkylation sites (N-methyl/N-ethyl adjacent to an activating group) is 1. The Morgan fingerprint density at radius 3 is 2.51 bits per heavy atom. The SMILES string of the molecule is C[C@@H]1C(=O)N[C@H](Cc2ccc(F)cc2)C(=O)NCCCc2ccc(I)cc2OCCN[C@@H](C2CC2)C(=O)N1C. The van der Waals surface area contributed by atoms with Gasteiger partial charge in [0, 0.05) is 30.1 Å². The average Bonchev–Trinajstić information content (AvgIpc) is 3.76. The molecule has 2 aromatic rings. The third-order valence-corrected chi connectivity index (χ3v) is 8.00. The van der Waals surface area contributed by atoms with E-state index in [4.69, 9.17) is 4.74 Å². The third kappa shape index (κ3) is 8.14. The standard InChI is InChI=1S/C29H36FIN4O4/c1-18-27(36)34-24(16-19-5-10-22(30)11-6-19)28(37)33-13-3-4-20-9-12-23(31)17-25(20)39-15-14-32-26(21-7-8-21)29(38)35(18)2/h5-6,9-12,17-18,21,24,26,32H,3-4,7-8,13-16H2,1-2H3,(H,33,37)(H,34,36)/t18-,24-,26+/m1/s1. The van der Waals surface area contributed by atoms with Gasteiger partial charge in [0.1, 0.15) is 30.3 Å². The maximum atomic E-state index is 13.4. The lowest BCUT2D eigenvalue weighted by molar-refractivity contribution is -0.141. The fourth-order valence-electron chi connectivity index (χ4n) is 4.69. The normalized spacial score (nSPS) is 24.1. The summed E-state index contributed by atoms with van der Waals surface area (Å²) in [5.74, 6) is -0.245. The minimum Gasteiger partial charge on any atom is -0.492 e. The Kier molecular flexibility index (Phi) is 10.2. The molecule has 210 valence electrons. The zero-order valence-electron chi connectivity index (χ0n) is 22.3. The topological polar surface area (TPSA) is 99.8 Å². The molecule has 1 aliphatic heterocycles. The largest absolute Gasteiger partial charge is 0.492 e. The van der Waals surface area contributed by atoms with Gasteiger partial charge in [0.2, 0.25) is 17.7 Å². The minimum absolute atomic E-state index is 0.157. The van der Waals surface area contributed by atoms with E-state index in [9.17, 15) is 18.8 Å². The van der Waals surface area contributed by atoms with Crippen molar-refractivity contribution in [2.75, 3.05) is 26.7 Å². The van der Waals surface area contributed by atoms with Crippen molar-refractivity contribution >= 4 is 40.3 Å². The van der Waals surface area contributed by atoms with Gasteiger partial charge in [-0.1, -0.05) is 18.2 Å². The number of ether oxygens (including phenoxy) is 1. The van der Waals surface area contributed by atoms with E-state index >= 15 is 0 Å². The summed E-state index contributed by atoms with van der Waals surface area (Å²) in [5, 5.41) is 9.13. The van der Waals surface area contributed by atoms with Crippen molar-refractivity contribution in [2.24, 2.45) is 5.92 Å². The lowest BCUT2D eigenvalue weighted by atomic mass is 10.0. The van der Waals surface area contributed by atoms with E-state index in [-0.39, 0.29) is 30.0 Å². The van der Waals surface area contributed by atoms with Crippen molar-refractivity contribution in [3.63, 3.8) is 0 Å². The van der Waals surface area contributed by atoms with Gasteiger partial charge in [0.25, 0.3) is 0 Å². The van der Waals surface area contributed by atoms with Gasteiger partial charge in [-0.3, -0.25) is 14.4 Å². The van der Waals surface area contributed by atoms with Crippen molar-refractivity contribution in [1.29, 1.82) is 0 Å². The molecule has 3 atom stereocenters. The van der Waals surface area contributed by atoms with Crippen molar-refractivity contribution in [1.82, 2.24) is 20.9 Å². The van der Waals surface area contributed by atoms with Gasteiger partial charge in [-0.25, -0.2) is 4.39 Å². The fraction of sp³-hybridized carbons (Fsp3) is 0.483. The Morgan fingerprint density at radius 2 is 1.79 bits per heavy atom. The summed E-state index contributed by atoms with van der Waals surface area (Å²) in [5.41, 5.74) is 1.76. The molecule has 39 heavy (non-hydrogen) atoms. The number of carbonyl (C=O) groups is 3. The lowest BCUT2D eigenvalue weighted by Gasteiger charge is -2.30. The average molecular weight is 651 g/mol. The summed E-state index contributed by atoms with van der Waals surface area (Å²) in [7, 11) is 1.62. The molecule has 2 aromatic carbocycles. The number of nitrogens with zero attached hydrogens (tertiary/aromatic N) is 1. The summed E-state index contributed by atoms with van der Waals surface area (Å²) in [6, 6.07) is 9.87. The van der Waals surface area contributed by atoms with Crippen LogP contribution in [-0.4, -0.2) is 67.5 Å². The molecular formula is C29H36FIN4O4. The van der Waals surface area contributed by atoms with Gasteiger partial charge in [0.15, 0.2) is 0 Å². The van der Waals surface area contributed by atoms with Crippen LogP contribution >= 0.6 is 22.6 Å². The number of aryl methyl sites for hydroxylation is 1. The first-order chi connectivity index (χ1) is 18.7. The number of hydrogen-bond donors (Lipinski definition) is 3. The molecular weight excluding hydrogens is 614 g/mol. The van der Waals surface area contributed by atoms with Gasteiger partial charge in [-0.15, -0.1) is 0 Å². The Labute approximate surface area is 242 Å². The monoisotopic (exact) mass is 650 g/mol. The van der Waals surface area contributed by atoms with E-state index in [0.29, 0.717) is 32.5 Å². The van der Waals surface area contributed by atoms with Gasteiger partial charge >= 0.3 is 0 Å². The molecule has 1 aliphatic carbocycles. The molecule has 0 saturated heterocycles. The molecule has 2 aliphatic rings. The smallest absolute Gasteiger partial charge is 0.243 e. The highest BCUT2D eigenvalue weighted by atomic mass is 127. The molecule has 0 bridgehead atoms. The van der Waals surface area contributed by atoms with E-state index in [1.54, 1.807) is 26.1 Å². The summed E-state index contributed by atoms with van der Waals surface area (Å²) >= 11 is 2.25. The molecule has 1 heterocycles. The van der Waals surface area contributed by atoms with Crippen molar-refractivity contribution < 1.29 is 23.5 Å². The van der Waals surface area contributed by atoms with E-state index in [0.717, 1.165) is 33.3 Å². The second-order valence-electron chi connectivity index (χ2n) is 10.3. The maximum Gasteiger partial charge on any atom is 0.243 e. The van der Waals surface area contributed by atoms with Gasteiger partial charge < -0.3 is 25.6 Å². The van der Waals surface area contributed by atoms with Crippen LogP contribution < -0.4 is 20.7 Å². The molecule has 10 heteroatoms. The number of rotatable bonds is 3. The van der Waals surface area contributed by atoms with Crippen LogP contribution in [0.2, 0.25) is 0 Å². The second kappa shape index (κ2) is 13.6. The number of amides is 3. The van der Waals surface area contributed by atoms with Crippen LogP contribution in [0.5, 0.6) is 5.75 Å².